The summed E-state index contributed by atoms with van der Waals surface area (Å²) < 4.78 is 19.4. The molecule has 2 N–H and O–H groups in total. The van der Waals surface area contributed by atoms with Crippen molar-refractivity contribution < 1.29 is 9.13 Å². The van der Waals surface area contributed by atoms with E-state index in [2.05, 4.69) is 18.9 Å². The second kappa shape index (κ2) is 7.01. The molecule has 1 aromatic rings. The summed E-state index contributed by atoms with van der Waals surface area (Å²) >= 11 is 0. The van der Waals surface area contributed by atoms with Crippen LogP contribution in [0.1, 0.15) is 46.0 Å². The van der Waals surface area contributed by atoms with Gasteiger partial charge in [-0.1, -0.05) is 26.7 Å². The van der Waals surface area contributed by atoms with Gasteiger partial charge in [0.25, 0.3) is 0 Å². The van der Waals surface area contributed by atoms with Crippen LogP contribution in [0.2, 0.25) is 0 Å². The Bertz CT molecular complexity index is 478. The lowest BCUT2D eigenvalue weighted by molar-refractivity contribution is 0.300. The molecule has 0 bridgehead atoms. The maximum atomic E-state index is 13.9. The lowest BCUT2D eigenvalue weighted by Gasteiger charge is -2.38. The van der Waals surface area contributed by atoms with Gasteiger partial charge < -0.3 is 15.4 Å². The fourth-order valence-corrected chi connectivity index (χ4v) is 3.24. The average molecular weight is 294 g/mol. The quantitative estimate of drug-likeness (QED) is 0.827. The van der Waals surface area contributed by atoms with Crippen molar-refractivity contribution in [3.8, 4) is 5.75 Å². The Hall–Kier alpha value is -1.45. The van der Waals surface area contributed by atoms with Gasteiger partial charge in [-0.15, -0.1) is 0 Å². The Morgan fingerprint density at radius 2 is 2.05 bits per heavy atom. The number of benzene rings is 1. The minimum atomic E-state index is -0.380. The van der Waals surface area contributed by atoms with Crippen molar-refractivity contribution in [1.29, 1.82) is 0 Å². The lowest BCUT2D eigenvalue weighted by atomic mass is 9.85. The van der Waals surface area contributed by atoms with Gasteiger partial charge in [0.15, 0.2) is 11.6 Å². The minimum Gasteiger partial charge on any atom is -0.490 e. The summed E-state index contributed by atoms with van der Waals surface area (Å²) in [6.45, 7) is 4.81. The SMILES string of the molecule is CCCOc1cc(N(C)C2CCCCC2C)c(N)cc1F. The summed E-state index contributed by atoms with van der Waals surface area (Å²) in [5, 5.41) is 0. The number of ether oxygens (including phenoxy) is 1. The molecule has 118 valence electrons. The predicted octanol–water partition coefficient (Wildman–Crippen LogP) is 4.21. The van der Waals surface area contributed by atoms with Gasteiger partial charge in [-0.2, -0.15) is 0 Å². The Morgan fingerprint density at radius 1 is 1.33 bits per heavy atom. The van der Waals surface area contributed by atoms with Gasteiger partial charge in [-0.25, -0.2) is 4.39 Å². The number of nitrogens with two attached hydrogens (primary N) is 1. The van der Waals surface area contributed by atoms with E-state index in [0.717, 1.165) is 12.1 Å². The van der Waals surface area contributed by atoms with Crippen LogP contribution in [-0.4, -0.2) is 19.7 Å². The molecule has 1 aliphatic rings. The minimum absolute atomic E-state index is 0.302. The summed E-state index contributed by atoms with van der Waals surface area (Å²) in [5.74, 6) is 0.555. The van der Waals surface area contributed by atoms with Crippen LogP contribution in [0.4, 0.5) is 15.8 Å². The van der Waals surface area contributed by atoms with E-state index >= 15 is 0 Å². The van der Waals surface area contributed by atoms with Crippen molar-refractivity contribution in [3.63, 3.8) is 0 Å². The maximum Gasteiger partial charge on any atom is 0.167 e. The van der Waals surface area contributed by atoms with Crippen LogP contribution in [0, 0.1) is 11.7 Å². The molecule has 0 spiro atoms. The molecule has 2 atom stereocenters. The van der Waals surface area contributed by atoms with E-state index in [0.29, 0.717) is 30.0 Å². The number of anilines is 2. The molecule has 0 saturated heterocycles. The van der Waals surface area contributed by atoms with Gasteiger partial charge in [0.2, 0.25) is 0 Å². The number of nitrogens with zero attached hydrogens (tertiary/aromatic N) is 1. The van der Waals surface area contributed by atoms with Crippen LogP contribution in [0.15, 0.2) is 12.1 Å². The zero-order chi connectivity index (χ0) is 15.4. The number of hydrogen-bond donors (Lipinski definition) is 1. The van der Waals surface area contributed by atoms with E-state index in [1.165, 1.54) is 31.7 Å². The highest BCUT2D eigenvalue weighted by Gasteiger charge is 2.26. The van der Waals surface area contributed by atoms with Crippen molar-refractivity contribution in [3.05, 3.63) is 17.9 Å². The summed E-state index contributed by atoms with van der Waals surface area (Å²) in [5.41, 5.74) is 7.39. The lowest BCUT2D eigenvalue weighted by Crippen LogP contribution is -2.39. The molecule has 0 aromatic heterocycles. The molecular formula is C17H27FN2O. The molecule has 4 heteroatoms. The van der Waals surface area contributed by atoms with Crippen LogP contribution in [0.5, 0.6) is 5.75 Å². The Kier molecular flexibility index (Phi) is 5.32. The third kappa shape index (κ3) is 3.60. The summed E-state index contributed by atoms with van der Waals surface area (Å²) in [6, 6.07) is 3.59. The normalized spacial score (nSPS) is 22.1. The molecule has 1 aromatic carbocycles. The average Bonchev–Trinajstić information content (AvgIpc) is 2.46. The Morgan fingerprint density at radius 3 is 2.71 bits per heavy atom. The fraction of sp³-hybridized carbons (Fsp3) is 0.647. The second-order valence-corrected chi connectivity index (χ2v) is 6.13. The molecular weight excluding hydrogens is 267 g/mol. The van der Waals surface area contributed by atoms with E-state index < -0.39 is 0 Å². The number of halogens is 1. The number of nitrogen functional groups attached to an aromatic ring is 1. The summed E-state index contributed by atoms with van der Waals surface area (Å²) in [4.78, 5) is 2.21. The number of hydrogen-bond acceptors (Lipinski definition) is 3. The standard InChI is InChI=1S/C17H27FN2O/c1-4-9-21-17-11-16(14(19)10-13(17)18)20(3)15-8-6-5-7-12(15)2/h10-12,15H,4-9,19H2,1-3H3. The van der Waals surface area contributed by atoms with E-state index in [-0.39, 0.29) is 5.82 Å². The highest BCUT2D eigenvalue weighted by atomic mass is 19.1. The molecule has 2 rings (SSSR count). The topological polar surface area (TPSA) is 38.5 Å². The molecule has 1 saturated carbocycles. The van der Waals surface area contributed by atoms with E-state index in [1.807, 2.05) is 6.92 Å². The fourth-order valence-electron chi connectivity index (χ4n) is 3.24. The van der Waals surface area contributed by atoms with Crippen molar-refractivity contribution in [1.82, 2.24) is 0 Å². The van der Waals surface area contributed by atoms with E-state index in [1.54, 1.807) is 6.07 Å². The zero-order valence-electron chi connectivity index (χ0n) is 13.4. The van der Waals surface area contributed by atoms with Gasteiger partial charge >= 0.3 is 0 Å². The molecule has 3 nitrogen and oxygen atoms in total. The third-order valence-corrected chi connectivity index (χ3v) is 4.49. The van der Waals surface area contributed by atoms with Gasteiger partial charge in [-0.3, -0.25) is 0 Å². The predicted molar refractivity (Wildman–Crippen MR) is 86.4 cm³/mol. The highest BCUT2D eigenvalue weighted by molar-refractivity contribution is 5.70. The van der Waals surface area contributed by atoms with Crippen molar-refractivity contribution in [2.24, 2.45) is 5.92 Å². The molecule has 2 unspecified atom stereocenters. The van der Waals surface area contributed by atoms with Crippen molar-refractivity contribution >= 4 is 11.4 Å². The van der Waals surface area contributed by atoms with Crippen LogP contribution in [-0.2, 0) is 0 Å². The molecule has 0 aliphatic heterocycles. The van der Waals surface area contributed by atoms with E-state index in [4.69, 9.17) is 10.5 Å². The smallest absolute Gasteiger partial charge is 0.167 e. The van der Waals surface area contributed by atoms with Crippen LogP contribution in [0.3, 0.4) is 0 Å². The first kappa shape index (κ1) is 15.9. The molecule has 1 fully saturated rings. The first-order chi connectivity index (χ1) is 10.0. The maximum absolute atomic E-state index is 13.9. The zero-order valence-corrected chi connectivity index (χ0v) is 13.4. The Labute approximate surface area is 127 Å². The van der Waals surface area contributed by atoms with Crippen LogP contribution >= 0.6 is 0 Å². The van der Waals surface area contributed by atoms with Gasteiger partial charge in [-0.05, 0) is 25.2 Å². The monoisotopic (exact) mass is 294 g/mol. The summed E-state index contributed by atoms with van der Waals surface area (Å²) in [7, 11) is 2.06. The molecule has 21 heavy (non-hydrogen) atoms. The highest BCUT2D eigenvalue weighted by Crippen LogP contribution is 2.36. The number of rotatable bonds is 5. The summed E-state index contributed by atoms with van der Waals surface area (Å²) in [6.07, 6.45) is 5.82. The van der Waals surface area contributed by atoms with Gasteiger partial charge in [0, 0.05) is 25.2 Å². The van der Waals surface area contributed by atoms with Crippen molar-refractivity contribution in [2.45, 2.75) is 52.0 Å². The van der Waals surface area contributed by atoms with Crippen LogP contribution in [0.25, 0.3) is 0 Å². The third-order valence-electron chi connectivity index (χ3n) is 4.49. The first-order valence-electron chi connectivity index (χ1n) is 7.99. The Balaban J connectivity index is 2.24. The van der Waals surface area contributed by atoms with Crippen molar-refractivity contribution in [2.75, 3.05) is 24.3 Å². The van der Waals surface area contributed by atoms with Gasteiger partial charge in [0.05, 0.1) is 18.0 Å². The van der Waals surface area contributed by atoms with Gasteiger partial charge in [0.1, 0.15) is 0 Å². The van der Waals surface area contributed by atoms with E-state index in [9.17, 15) is 4.39 Å². The first-order valence-corrected chi connectivity index (χ1v) is 7.99. The molecule has 1 aliphatic carbocycles. The second-order valence-electron chi connectivity index (χ2n) is 6.13. The molecule has 0 heterocycles. The largest absolute Gasteiger partial charge is 0.490 e. The molecule has 0 amide bonds. The molecule has 0 radical (unpaired) electrons. The van der Waals surface area contributed by atoms with Crippen LogP contribution < -0.4 is 15.4 Å².